The molecule has 2 aliphatic rings. The molecule has 0 spiro atoms. The Balaban J connectivity index is 2.03. The molecule has 4 atom stereocenters. The van der Waals surface area contributed by atoms with Crippen LogP contribution in [0.2, 0.25) is 0 Å². The maximum Gasteiger partial charge on any atom is 0.357 e. The monoisotopic (exact) mass is 501 g/mol. The van der Waals surface area contributed by atoms with E-state index in [2.05, 4.69) is 4.72 Å². The molecule has 3 rings (SSSR count). The minimum atomic E-state index is -3.96. The van der Waals surface area contributed by atoms with Crippen LogP contribution in [0.1, 0.15) is 25.8 Å². The number of nitrogens with one attached hydrogen (secondary N) is 1. The zero-order valence-corrected chi connectivity index (χ0v) is 19.6. The SMILES string of the molecule is CCS(=O)C1(CC)C(NS(C)(=O)=O)=C(C(=O)OCc2ccc([N+](=O)[O-])cc2)N2C(=O)C(O)C21. The van der Waals surface area contributed by atoms with Gasteiger partial charge in [-0.3, -0.25) is 28.7 Å². The number of amides is 1. The van der Waals surface area contributed by atoms with Crippen LogP contribution in [-0.4, -0.2) is 68.3 Å². The largest absolute Gasteiger partial charge is 0.456 e. The van der Waals surface area contributed by atoms with Crippen molar-refractivity contribution in [3.63, 3.8) is 0 Å². The minimum Gasteiger partial charge on any atom is -0.456 e. The Labute approximate surface area is 192 Å². The number of nitro groups is 1. The Morgan fingerprint density at radius 3 is 2.42 bits per heavy atom. The quantitative estimate of drug-likeness (QED) is 0.203. The molecule has 0 bridgehead atoms. The molecule has 14 heteroatoms. The summed E-state index contributed by atoms with van der Waals surface area (Å²) >= 11 is 0. The molecule has 2 N–H and O–H groups in total. The smallest absolute Gasteiger partial charge is 0.357 e. The van der Waals surface area contributed by atoms with Gasteiger partial charge in [0, 0.05) is 28.7 Å². The third-order valence-corrected chi connectivity index (χ3v) is 8.28. The van der Waals surface area contributed by atoms with Crippen LogP contribution >= 0.6 is 0 Å². The van der Waals surface area contributed by atoms with Gasteiger partial charge < -0.3 is 9.84 Å². The molecule has 0 radical (unpaired) electrons. The van der Waals surface area contributed by atoms with E-state index < -0.39 is 60.2 Å². The molecule has 1 saturated heterocycles. The molecular formula is C19H23N3O9S2. The van der Waals surface area contributed by atoms with E-state index in [0.29, 0.717) is 5.56 Å². The van der Waals surface area contributed by atoms with Crippen molar-refractivity contribution in [3.05, 3.63) is 51.3 Å². The van der Waals surface area contributed by atoms with Crippen LogP contribution in [0.25, 0.3) is 0 Å². The van der Waals surface area contributed by atoms with Gasteiger partial charge in [0.15, 0.2) is 11.8 Å². The second-order valence-electron chi connectivity index (χ2n) is 7.57. The predicted molar refractivity (Wildman–Crippen MR) is 116 cm³/mol. The molecule has 2 heterocycles. The zero-order valence-electron chi connectivity index (χ0n) is 18.0. The Morgan fingerprint density at radius 2 is 1.94 bits per heavy atom. The number of carbonyl (C=O) groups excluding carboxylic acids is 2. The maximum atomic E-state index is 13.1. The van der Waals surface area contributed by atoms with Gasteiger partial charge in [0.1, 0.15) is 11.4 Å². The molecule has 180 valence electrons. The Kier molecular flexibility index (Phi) is 6.64. The third kappa shape index (κ3) is 4.13. The van der Waals surface area contributed by atoms with Gasteiger partial charge in [0.05, 0.1) is 22.9 Å². The van der Waals surface area contributed by atoms with Crippen molar-refractivity contribution in [1.29, 1.82) is 0 Å². The van der Waals surface area contributed by atoms with Crippen LogP contribution in [0.4, 0.5) is 5.69 Å². The average molecular weight is 502 g/mol. The molecule has 33 heavy (non-hydrogen) atoms. The highest BCUT2D eigenvalue weighted by molar-refractivity contribution is 7.89. The van der Waals surface area contributed by atoms with Crippen LogP contribution in [-0.2, 0) is 41.8 Å². The highest BCUT2D eigenvalue weighted by Crippen LogP contribution is 2.50. The summed E-state index contributed by atoms with van der Waals surface area (Å²) in [4.78, 5) is 36.6. The Hall–Kier alpha value is -2.84. The summed E-state index contributed by atoms with van der Waals surface area (Å²) in [5, 5.41) is 21.1. The standard InChI is InChI=1S/C19H23N3O9S2/c1-4-19(32(28)5-2)15(20-33(3,29)30)13(21-16(19)14(23)17(21)24)18(25)31-10-11-6-8-12(9-7-11)22(26)27/h6-9,14,16,20,23H,4-5,10H2,1-3H3. The molecule has 4 unspecified atom stereocenters. The third-order valence-electron chi connectivity index (χ3n) is 5.64. The molecule has 1 aromatic carbocycles. The van der Waals surface area contributed by atoms with Gasteiger partial charge in [-0.15, -0.1) is 0 Å². The van der Waals surface area contributed by atoms with Crippen molar-refractivity contribution >= 4 is 38.4 Å². The highest BCUT2D eigenvalue weighted by Gasteiger charge is 2.69. The second-order valence-corrected chi connectivity index (χ2v) is 11.3. The van der Waals surface area contributed by atoms with E-state index >= 15 is 0 Å². The highest BCUT2D eigenvalue weighted by atomic mass is 32.2. The van der Waals surface area contributed by atoms with Crippen molar-refractivity contribution in [2.24, 2.45) is 0 Å². The van der Waals surface area contributed by atoms with Crippen molar-refractivity contribution < 1.29 is 37.0 Å². The maximum absolute atomic E-state index is 13.1. The molecule has 0 aromatic heterocycles. The van der Waals surface area contributed by atoms with Crippen LogP contribution in [0.5, 0.6) is 0 Å². The normalized spacial score (nSPS) is 25.3. The van der Waals surface area contributed by atoms with Crippen molar-refractivity contribution in [1.82, 2.24) is 9.62 Å². The molecule has 1 fully saturated rings. The lowest BCUT2D eigenvalue weighted by molar-refractivity contribution is -0.384. The summed E-state index contributed by atoms with van der Waals surface area (Å²) in [6, 6.07) is 4.13. The van der Waals surface area contributed by atoms with E-state index in [1.165, 1.54) is 24.3 Å². The zero-order chi connectivity index (χ0) is 24.7. The van der Waals surface area contributed by atoms with Crippen LogP contribution in [0, 0.1) is 10.1 Å². The first-order valence-corrected chi connectivity index (χ1v) is 13.1. The van der Waals surface area contributed by atoms with Gasteiger partial charge in [0.25, 0.3) is 11.6 Å². The predicted octanol–water partition coefficient (Wildman–Crippen LogP) is -0.0985. The second kappa shape index (κ2) is 8.83. The number of nitrogens with zero attached hydrogens (tertiary/aromatic N) is 2. The summed E-state index contributed by atoms with van der Waals surface area (Å²) in [6.07, 6.45) is -0.643. The first-order valence-electron chi connectivity index (χ1n) is 9.91. The van der Waals surface area contributed by atoms with Gasteiger partial charge >= 0.3 is 5.97 Å². The van der Waals surface area contributed by atoms with Crippen LogP contribution in [0.3, 0.4) is 0 Å². The van der Waals surface area contributed by atoms with Crippen molar-refractivity contribution in [2.75, 3.05) is 12.0 Å². The van der Waals surface area contributed by atoms with Gasteiger partial charge in [-0.25, -0.2) is 13.2 Å². The summed E-state index contributed by atoms with van der Waals surface area (Å²) in [5.41, 5.74) is -0.417. The number of nitro benzene ring substituents is 1. The number of benzene rings is 1. The molecule has 0 saturated carbocycles. The topological polar surface area (TPSA) is 173 Å². The van der Waals surface area contributed by atoms with Crippen molar-refractivity contribution in [2.45, 2.75) is 43.8 Å². The first-order chi connectivity index (χ1) is 15.4. The number of ether oxygens (including phenoxy) is 1. The van der Waals surface area contributed by atoms with Gasteiger partial charge in [-0.2, -0.15) is 0 Å². The lowest BCUT2D eigenvalue weighted by Gasteiger charge is -2.47. The molecule has 1 aromatic rings. The number of sulfonamides is 1. The van der Waals surface area contributed by atoms with E-state index in [1.807, 2.05) is 0 Å². The first kappa shape index (κ1) is 24.8. The van der Waals surface area contributed by atoms with Crippen LogP contribution in [0.15, 0.2) is 35.7 Å². The van der Waals surface area contributed by atoms with Gasteiger partial charge in [-0.1, -0.05) is 13.8 Å². The fourth-order valence-electron chi connectivity index (χ4n) is 4.16. The van der Waals surface area contributed by atoms with E-state index in [4.69, 9.17) is 4.74 Å². The number of carbonyl (C=O) groups is 2. The number of β-lactam (4-membered cyclic amide) rings is 1. The van der Waals surface area contributed by atoms with Crippen molar-refractivity contribution in [3.8, 4) is 0 Å². The fraction of sp³-hybridized carbons (Fsp3) is 0.474. The number of hydrogen-bond acceptors (Lipinski definition) is 9. The number of fused-ring (bicyclic) bond motifs is 1. The molecule has 2 aliphatic heterocycles. The summed E-state index contributed by atoms with van der Waals surface area (Å²) in [6.45, 7) is 2.90. The molecular weight excluding hydrogens is 478 g/mol. The number of aliphatic hydroxyl groups is 1. The van der Waals surface area contributed by atoms with Crippen LogP contribution < -0.4 is 4.72 Å². The number of esters is 1. The van der Waals surface area contributed by atoms with E-state index in [1.54, 1.807) is 13.8 Å². The molecule has 0 aliphatic carbocycles. The van der Waals surface area contributed by atoms with Gasteiger partial charge in [0.2, 0.25) is 10.0 Å². The number of non-ortho nitro benzene ring substituents is 1. The number of hydrogen-bond donors (Lipinski definition) is 2. The summed E-state index contributed by atoms with van der Waals surface area (Å²) in [5.74, 6) is -1.81. The summed E-state index contributed by atoms with van der Waals surface area (Å²) in [7, 11) is -5.72. The Bertz CT molecular complexity index is 1160. The van der Waals surface area contributed by atoms with E-state index in [9.17, 15) is 37.4 Å². The fourth-order valence-corrected chi connectivity index (χ4v) is 6.59. The molecule has 12 nitrogen and oxygen atoms in total. The lowest BCUT2D eigenvalue weighted by atomic mass is 9.86. The summed E-state index contributed by atoms with van der Waals surface area (Å²) < 4.78 is 43.3. The average Bonchev–Trinajstić information content (AvgIpc) is 3.03. The number of rotatable bonds is 9. The minimum absolute atomic E-state index is 0.0654. The van der Waals surface area contributed by atoms with Gasteiger partial charge in [-0.05, 0) is 24.1 Å². The van der Waals surface area contributed by atoms with E-state index in [0.717, 1.165) is 11.2 Å². The van der Waals surface area contributed by atoms with E-state index in [-0.39, 0.29) is 30.2 Å². The lowest BCUT2D eigenvalue weighted by Crippen LogP contribution is -2.70. The Morgan fingerprint density at radius 1 is 1.33 bits per heavy atom. The molecule has 1 amide bonds. The number of aliphatic hydroxyl groups excluding tert-OH is 1.